The number of aryl methyl sites for hydroxylation is 1. The molecule has 0 amide bonds. The number of nitrogens with one attached hydrogen (secondary N) is 1. The van der Waals surface area contributed by atoms with Gasteiger partial charge in [0.05, 0.1) is 9.95 Å². The second-order valence-electron chi connectivity index (χ2n) is 3.62. The SMILES string of the molecule is CNc1nc2c([N+](=O)[O-])ccc(Cl)c2cc1C. The van der Waals surface area contributed by atoms with Crippen LogP contribution < -0.4 is 5.32 Å². The Hall–Kier alpha value is -1.88. The van der Waals surface area contributed by atoms with Crippen molar-refractivity contribution in [2.24, 2.45) is 0 Å². The van der Waals surface area contributed by atoms with Crippen molar-refractivity contribution < 1.29 is 4.92 Å². The minimum Gasteiger partial charge on any atom is -0.373 e. The standard InChI is InChI=1S/C11H10ClN3O2/c1-6-5-7-8(12)3-4-9(15(16)17)10(7)14-11(6)13-2/h3-5H,1-2H3,(H,13,14). The van der Waals surface area contributed by atoms with Crippen LogP contribution in [-0.2, 0) is 0 Å². The Morgan fingerprint density at radius 2 is 2.18 bits per heavy atom. The first-order chi connectivity index (χ1) is 8.04. The van der Waals surface area contributed by atoms with E-state index in [9.17, 15) is 10.1 Å². The second-order valence-corrected chi connectivity index (χ2v) is 4.03. The Bertz CT molecular complexity index is 613. The molecule has 1 N–H and O–H groups in total. The van der Waals surface area contributed by atoms with E-state index in [4.69, 9.17) is 11.6 Å². The Morgan fingerprint density at radius 1 is 1.47 bits per heavy atom. The van der Waals surface area contributed by atoms with E-state index in [1.54, 1.807) is 13.1 Å². The van der Waals surface area contributed by atoms with E-state index >= 15 is 0 Å². The number of fused-ring (bicyclic) bond motifs is 1. The highest BCUT2D eigenvalue weighted by Gasteiger charge is 2.16. The minimum atomic E-state index is -0.458. The largest absolute Gasteiger partial charge is 0.373 e. The van der Waals surface area contributed by atoms with Crippen molar-refractivity contribution in [1.82, 2.24) is 4.98 Å². The fourth-order valence-corrected chi connectivity index (χ4v) is 1.92. The van der Waals surface area contributed by atoms with Crippen molar-refractivity contribution in [3.63, 3.8) is 0 Å². The highest BCUT2D eigenvalue weighted by Crippen LogP contribution is 2.32. The quantitative estimate of drug-likeness (QED) is 0.658. The van der Waals surface area contributed by atoms with Crippen LogP contribution in [-0.4, -0.2) is 17.0 Å². The molecule has 6 heteroatoms. The molecule has 0 aliphatic carbocycles. The zero-order chi connectivity index (χ0) is 12.6. The summed E-state index contributed by atoms with van der Waals surface area (Å²) >= 11 is 6.02. The van der Waals surface area contributed by atoms with E-state index in [1.807, 2.05) is 6.92 Å². The first-order valence-corrected chi connectivity index (χ1v) is 5.34. The van der Waals surface area contributed by atoms with Gasteiger partial charge >= 0.3 is 0 Å². The number of halogens is 1. The predicted octanol–water partition coefficient (Wildman–Crippen LogP) is 3.15. The van der Waals surface area contributed by atoms with Crippen molar-refractivity contribution in [1.29, 1.82) is 0 Å². The number of benzene rings is 1. The van der Waals surface area contributed by atoms with Gasteiger partial charge in [-0.2, -0.15) is 0 Å². The topological polar surface area (TPSA) is 68.1 Å². The van der Waals surface area contributed by atoms with Gasteiger partial charge in [0.2, 0.25) is 0 Å². The monoisotopic (exact) mass is 251 g/mol. The van der Waals surface area contributed by atoms with Crippen LogP contribution >= 0.6 is 11.6 Å². The maximum Gasteiger partial charge on any atom is 0.295 e. The number of rotatable bonds is 2. The first-order valence-electron chi connectivity index (χ1n) is 4.96. The Labute approximate surface area is 103 Å². The predicted molar refractivity (Wildman–Crippen MR) is 67.7 cm³/mol. The molecule has 0 radical (unpaired) electrons. The van der Waals surface area contributed by atoms with Gasteiger partial charge < -0.3 is 5.32 Å². The lowest BCUT2D eigenvalue weighted by Crippen LogP contribution is -1.98. The number of hydrogen-bond donors (Lipinski definition) is 1. The molecule has 0 saturated heterocycles. The molecule has 0 bridgehead atoms. The molecule has 0 unspecified atom stereocenters. The maximum absolute atomic E-state index is 10.9. The van der Waals surface area contributed by atoms with Crippen LogP contribution in [0.15, 0.2) is 18.2 Å². The molecule has 2 rings (SSSR count). The van der Waals surface area contributed by atoms with Crippen molar-refractivity contribution in [3.8, 4) is 0 Å². The van der Waals surface area contributed by atoms with Gasteiger partial charge in [0.1, 0.15) is 5.82 Å². The van der Waals surface area contributed by atoms with Gasteiger partial charge in [-0.3, -0.25) is 10.1 Å². The molecule has 0 atom stereocenters. The summed E-state index contributed by atoms with van der Waals surface area (Å²) in [5.41, 5.74) is 1.15. The molecule has 0 aliphatic heterocycles. The summed E-state index contributed by atoms with van der Waals surface area (Å²) < 4.78 is 0. The zero-order valence-electron chi connectivity index (χ0n) is 9.32. The van der Waals surface area contributed by atoms with E-state index < -0.39 is 4.92 Å². The summed E-state index contributed by atoms with van der Waals surface area (Å²) in [6.45, 7) is 1.87. The van der Waals surface area contributed by atoms with Gasteiger partial charge in [-0.15, -0.1) is 0 Å². The molecule has 0 aliphatic rings. The van der Waals surface area contributed by atoms with E-state index in [0.29, 0.717) is 21.7 Å². The maximum atomic E-state index is 10.9. The smallest absolute Gasteiger partial charge is 0.295 e. The molecule has 0 spiro atoms. The molecule has 17 heavy (non-hydrogen) atoms. The molecule has 1 aromatic heterocycles. The number of non-ortho nitro benzene ring substituents is 1. The highest BCUT2D eigenvalue weighted by atomic mass is 35.5. The molecule has 5 nitrogen and oxygen atoms in total. The summed E-state index contributed by atoms with van der Waals surface area (Å²) in [4.78, 5) is 14.7. The molecule has 2 aromatic rings. The van der Waals surface area contributed by atoms with Gasteiger partial charge in [-0.25, -0.2) is 4.98 Å². The third kappa shape index (κ3) is 1.89. The van der Waals surface area contributed by atoms with Crippen molar-refractivity contribution >= 4 is 34.0 Å². The average Bonchev–Trinajstić information content (AvgIpc) is 2.29. The lowest BCUT2D eigenvalue weighted by atomic mass is 10.1. The first kappa shape index (κ1) is 11.6. The fraction of sp³-hybridized carbons (Fsp3) is 0.182. The number of nitro benzene ring substituents is 1. The highest BCUT2D eigenvalue weighted by molar-refractivity contribution is 6.35. The van der Waals surface area contributed by atoms with Crippen LogP contribution in [0.1, 0.15) is 5.56 Å². The molecule has 1 heterocycles. The van der Waals surface area contributed by atoms with Crippen molar-refractivity contribution in [2.45, 2.75) is 6.92 Å². The third-order valence-corrected chi connectivity index (χ3v) is 2.86. The van der Waals surface area contributed by atoms with Crippen LogP contribution in [0.4, 0.5) is 11.5 Å². The van der Waals surface area contributed by atoms with Gasteiger partial charge in [-0.1, -0.05) is 11.6 Å². The Morgan fingerprint density at radius 3 is 2.76 bits per heavy atom. The number of pyridine rings is 1. The molecular formula is C11H10ClN3O2. The molecule has 0 saturated carbocycles. The van der Waals surface area contributed by atoms with Crippen LogP contribution in [0.3, 0.4) is 0 Å². The van der Waals surface area contributed by atoms with E-state index in [-0.39, 0.29) is 5.69 Å². The number of anilines is 1. The summed E-state index contributed by atoms with van der Waals surface area (Å²) in [5.74, 6) is 0.614. The minimum absolute atomic E-state index is 0.0408. The van der Waals surface area contributed by atoms with E-state index in [0.717, 1.165) is 5.56 Å². The van der Waals surface area contributed by atoms with E-state index in [1.165, 1.54) is 12.1 Å². The molecular weight excluding hydrogens is 242 g/mol. The summed E-state index contributed by atoms with van der Waals surface area (Å²) in [6.07, 6.45) is 0. The number of nitro groups is 1. The van der Waals surface area contributed by atoms with E-state index in [2.05, 4.69) is 10.3 Å². The average molecular weight is 252 g/mol. The van der Waals surface area contributed by atoms with Crippen LogP contribution in [0.25, 0.3) is 10.9 Å². The van der Waals surface area contributed by atoms with Gasteiger partial charge in [-0.05, 0) is 24.6 Å². The zero-order valence-corrected chi connectivity index (χ0v) is 10.1. The second kappa shape index (κ2) is 4.18. The van der Waals surface area contributed by atoms with Gasteiger partial charge in [0.15, 0.2) is 5.52 Å². The lowest BCUT2D eigenvalue weighted by molar-refractivity contribution is -0.383. The molecule has 1 aromatic carbocycles. The number of hydrogen-bond acceptors (Lipinski definition) is 4. The summed E-state index contributed by atoms with van der Waals surface area (Å²) in [7, 11) is 1.72. The van der Waals surface area contributed by atoms with Crippen LogP contribution in [0.2, 0.25) is 5.02 Å². The molecule has 88 valence electrons. The Balaban J connectivity index is 2.88. The van der Waals surface area contributed by atoms with Gasteiger partial charge in [0.25, 0.3) is 5.69 Å². The van der Waals surface area contributed by atoms with Crippen LogP contribution in [0.5, 0.6) is 0 Å². The lowest BCUT2D eigenvalue weighted by Gasteiger charge is -2.07. The number of aromatic nitrogens is 1. The molecule has 0 fully saturated rings. The number of nitrogens with zero attached hydrogens (tertiary/aromatic N) is 2. The van der Waals surface area contributed by atoms with Crippen molar-refractivity contribution in [2.75, 3.05) is 12.4 Å². The van der Waals surface area contributed by atoms with Crippen molar-refractivity contribution in [3.05, 3.63) is 38.9 Å². The summed E-state index contributed by atoms with van der Waals surface area (Å²) in [5, 5.41) is 14.9. The normalized spacial score (nSPS) is 10.5. The third-order valence-electron chi connectivity index (χ3n) is 2.53. The summed E-state index contributed by atoms with van der Waals surface area (Å²) in [6, 6.07) is 4.68. The van der Waals surface area contributed by atoms with Gasteiger partial charge in [0, 0.05) is 18.5 Å². The Kier molecular flexibility index (Phi) is 2.85. The van der Waals surface area contributed by atoms with Crippen LogP contribution in [0, 0.1) is 17.0 Å². The fourth-order valence-electron chi connectivity index (χ4n) is 1.71.